The fourth-order valence-corrected chi connectivity index (χ4v) is 1.71. The number of aliphatic carboxylic acids is 1. The summed E-state index contributed by atoms with van der Waals surface area (Å²) in [7, 11) is 3.21. The number of methoxy groups -OCH3 is 1. The lowest BCUT2D eigenvalue weighted by atomic mass is 10.1. The van der Waals surface area contributed by atoms with Crippen LogP contribution in [0.2, 0.25) is 0 Å². The van der Waals surface area contributed by atoms with Crippen LogP contribution in [0.25, 0.3) is 0 Å². The molecule has 0 aromatic heterocycles. The third-order valence-electron chi connectivity index (χ3n) is 2.72. The number of likely N-dealkylation sites (N-methyl/N-ethyl adjacent to an activating group) is 1. The van der Waals surface area contributed by atoms with Gasteiger partial charge in [-0.25, -0.2) is 4.79 Å². The van der Waals surface area contributed by atoms with Crippen LogP contribution in [0.15, 0.2) is 18.2 Å². The smallest absolute Gasteiger partial charge is 0.329 e. The van der Waals surface area contributed by atoms with Crippen molar-refractivity contribution in [2.75, 3.05) is 27.4 Å². The van der Waals surface area contributed by atoms with E-state index in [9.17, 15) is 9.59 Å². The van der Waals surface area contributed by atoms with E-state index < -0.39 is 12.6 Å². The molecule has 0 aliphatic carbocycles. The summed E-state index contributed by atoms with van der Waals surface area (Å²) >= 11 is 0. The second-order valence-electron chi connectivity index (χ2n) is 4.45. The van der Waals surface area contributed by atoms with Crippen LogP contribution in [-0.4, -0.2) is 49.3 Å². The maximum atomic E-state index is 11.8. The second kappa shape index (κ2) is 7.49. The van der Waals surface area contributed by atoms with Crippen molar-refractivity contribution < 1.29 is 24.2 Å². The predicted octanol–water partition coefficient (Wildman–Crippen LogP) is 1.06. The number of rotatable bonds is 7. The number of carboxylic acid groups (broad SMARTS) is 1. The lowest BCUT2D eigenvalue weighted by Crippen LogP contribution is -2.30. The number of amides is 1. The highest BCUT2D eigenvalue weighted by molar-refractivity contribution is 5.77. The molecule has 0 atom stereocenters. The SMILES string of the molecule is COc1ccc(C)cc1CN(C)C(=O)COCC(=O)O. The molecule has 0 aliphatic heterocycles. The quantitative estimate of drug-likeness (QED) is 0.809. The van der Waals surface area contributed by atoms with E-state index in [1.165, 1.54) is 4.90 Å². The van der Waals surface area contributed by atoms with Crippen LogP contribution in [0, 0.1) is 6.92 Å². The number of benzene rings is 1. The number of carboxylic acids is 1. The van der Waals surface area contributed by atoms with E-state index >= 15 is 0 Å². The Morgan fingerprint density at radius 2 is 2.00 bits per heavy atom. The molecule has 6 nitrogen and oxygen atoms in total. The van der Waals surface area contributed by atoms with Crippen LogP contribution < -0.4 is 4.74 Å². The molecule has 0 heterocycles. The largest absolute Gasteiger partial charge is 0.496 e. The molecule has 110 valence electrons. The summed E-state index contributed by atoms with van der Waals surface area (Å²) in [4.78, 5) is 23.5. The zero-order valence-electron chi connectivity index (χ0n) is 11.9. The summed E-state index contributed by atoms with van der Waals surface area (Å²) in [6.45, 7) is 1.60. The Morgan fingerprint density at radius 3 is 2.60 bits per heavy atom. The van der Waals surface area contributed by atoms with Crippen molar-refractivity contribution in [3.8, 4) is 5.75 Å². The molecule has 1 amide bonds. The normalized spacial score (nSPS) is 10.2. The van der Waals surface area contributed by atoms with Crippen molar-refractivity contribution >= 4 is 11.9 Å². The summed E-state index contributed by atoms with van der Waals surface area (Å²) < 4.78 is 10.0. The Labute approximate surface area is 117 Å². The molecule has 0 unspecified atom stereocenters. The number of aryl methyl sites for hydroxylation is 1. The Bertz CT molecular complexity index is 486. The maximum absolute atomic E-state index is 11.8. The van der Waals surface area contributed by atoms with E-state index in [-0.39, 0.29) is 12.5 Å². The standard InChI is InChI=1S/C14H19NO5/c1-10-4-5-12(19-3)11(6-10)7-15(2)13(16)8-20-9-14(17)18/h4-6H,7-9H2,1-3H3,(H,17,18). The van der Waals surface area contributed by atoms with Crippen molar-refractivity contribution in [1.29, 1.82) is 0 Å². The Balaban J connectivity index is 2.61. The molecule has 1 aromatic carbocycles. The van der Waals surface area contributed by atoms with Crippen LogP contribution in [0.3, 0.4) is 0 Å². The zero-order valence-corrected chi connectivity index (χ0v) is 11.9. The Hall–Kier alpha value is -2.08. The number of carbonyl (C=O) groups excluding carboxylic acids is 1. The maximum Gasteiger partial charge on any atom is 0.329 e. The predicted molar refractivity (Wildman–Crippen MR) is 72.7 cm³/mol. The molecular formula is C14H19NO5. The number of hydrogen-bond acceptors (Lipinski definition) is 4. The average Bonchev–Trinajstić information content (AvgIpc) is 2.38. The molecule has 0 saturated carbocycles. The summed E-state index contributed by atoms with van der Waals surface area (Å²) in [5.74, 6) is -0.669. The highest BCUT2D eigenvalue weighted by atomic mass is 16.5. The fourth-order valence-electron chi connectivity index (χ4n) is 1.71. The van der Waals surface area contributed by atoms with E-state index in [1.807, 2.05) is 25.1 Å². The minimum atomic E-state index is -1.10. The number of hydrogen-bond donors (Lipinski definition) is 1. The number of nitrogens with zero attached hydrogens (tertiary/aromatic N) is 1. The Morgan fingerprint density at radius 1 is 1.30 bits per heavy atom. The minimum absolute atomic E-state index is 0.253. The van der Waals surface area contributed by atoms with Gasteiger partial charge in [-0.15, -0.1) is 0 Å². The van der Waals surface area contributed by atoms with Crippen molar-refractivity contribution in [2.24, 2.45) is 0 Å². The molecule has 20 heavy (non-hydrogen) atoms. The first-order valence-corrected chi connectivity index (χ1v) is 6.11. The molecule has 0 fully saturated rings. The number of ether oxygens (including phenoxy) is 2. The van der Waals surface area contributed by atoms with Gasteiger partial charge in [-0.2, -0.15) is 0 Å². The van der Waals surface area contributed by atoms with E-state index in [0.717, 1.165) is 11.1 Å². The van der Waals surface area contributed by atoms with Gasteiger partial charge in [-0.05, 0) is 13.0 Å². The summed E-state index contributed by atoms with van der Waals surface area (Å²) in [5, 5.41) is 8.43. The average molecular weight is 281 g/mol. The van der Waals surface area contributed by atoms with Crippen LogP contribution in [0.1, 0.15) is 11.1 Å². The van der Waals surface area contributed by atoms with Gasteiger partial charge in [0.25, 0.3) is 0 Å². The third-order valence-corrected chi connectivity index (χ3v) is 2.72. The molecule has 1 aromatic rings. The highest BCUT2D eigenvalue weighted by Gasteiger charge is 2.13. The molecular weight excluding hydrogens is 262 g/mol. The van der Waals surface area contributed by atoms with Crippen molar-refractivity contribution in [3.63, 3.8) is 0 Å². The van der Waals surface area contributed by atoms with Crippen molar-refractivity contribution in [3.05, 3.63) is 29.3 Å². The van der Waals surface area contributed by atoms with Crippen LogP contribution in [-0.2, 0) is 20.9 Å². The molecule has 1 N–H and O–H groups in total. The molecule has 1 rings (SSSR count). The monoisotopic (exact) mass is 281 g/mol. The lowest BCUT2D eigenvalue weighted by molar-refractivity contribution is -0.145. The summed E-state index contributed by atoms with van der Waals surface area (Å²) in [6, 6.07) is 5.73. The van der Waals surface area contributed by atoms with E-state index in [0.29, 0.717) is 12.3 Å². The van der Waals surface area contributed by atoms with Crippen LogP contribution in [0.4, 0.5) is 0 Å². The van der Waals surface area contributed by atoms with Gasteiger partial charge in [0.05, 0.1) is 7.11 Å². The molecule has 0 aliphatic rings. The van der Waals surface area contributed by atoms with Gasteiger partial charge < -0.3 is 19.5 Å². The second-order valence-corrected chi connectivity index (χ2v) is 4.45. The van der Waals surface area contributed by atoms with Gasteiger partial charge in [0, 0.05) is 19.2 Å². The molecule has 0 saturated heterocycles. The summed E-state index contributed by atoms with van der Waals surface area (Å²) in [5.41, 5.74) is 1.96. The molecule has 6 heteroatoms. The van der Waals surface area contributed by atoms with E-state index in [1.54, 1.807) is 14.2 Å². The van der Waals surface area contributed by atoms with E-state index in [4.69, 9.17) is 14.6 Å². The Kier molecular flexibility index (Phi) is 5.99. The first kappa shape index (κ1) is 16.0. The van der Waals surface area contributed by atoms with Gasteiger partial charge in [0.1, 0.15) is 19.0 Å². The fraction of sp³-hybridized carbons (Fsp3) is 0.429. The van der Waals surface area contributed by atoms with Gasteiger partial charge in [-0.1, -0.05) is 17.7 Å². The number of carbonyl (C=O) groups is 2. The van der Waals surface area contributed by atoms with Gasteiger partial charge in [0.2, 0.25) is 5.91 Å². The van der Waals surface area contributed by atoms with Crippen molar-refractivity contribution in [1.82, 2.24) is 4.90 Å². The van der Waals surface area contributed by atoms with Gasteiger partial charge in [0.15, 0.2) is 0 Å². The minimum Gasteiger partial charge on any atom is -0.496 e. The van der Waals surface area contributed by atoms with Crippen LogP contribution >= 0.6 is 0 Å². The molecule has 0 bridgehead atoms. The lowest BCUT2D eigenvalue weighted by Gasteiger charge is -2.19. The van der Waals surface area contributed by atoms with Gasteiger partial charge >= 0.3 is 5.97 Å². The van der Waals surface area contributed by atoms with Gasteiger partial charge in [-0.3, -0.25) is 4.79 Å². The van der Waals surface area contributed by atoms with E-state index in [2.05, 4.69) is 0 Å². The third kappa shape index (κ3) is 4.89. The zero-order chi connectivity index (χ0) is 15.1. The molecule has 0 radical (unpaired) electrons. The first-order valence-electron chi connectivity index (χ1n) is 6.11. The highest BCUT2D eigenvalue weighted by Crippen LogP contribution is 2.20. The van der Waals surface area contributed by atoms with Crippen molar-refractivity contribution in [2.45, 2.75) is 13.5 Å². The summed E-state index contributed by atoms with van der Waals surface area (Å²) in [6.07, 6.45) is 0. The first-order chi connectivity index (χ1) is 9.43. The van der Waals surface area contributed by atoms with Crippen LogP contribution in [0.5, 0.6) is 5.75 Å². The topological polar surface area (TPSA) is 76.1 Å². The molecule has 0 spiro atoms.